The van der Waals surface area contributed by atoms with E-state index in [1.165, 1.54) is 0 Å². The zero-order valence-corrected chi connectivity index (χ0v) is 13.0. The molecule has 1 rings (SSSR count). The number of carbonyl (C=O) groups is 1. The van der Waals surface area contributed by atoms with E-state index in [-0.39, 0.29) is 16.3 Å². The average Bonchev–Trinajstić information content (AvgIpc) is 2.28. The molecule has 1 atom stereocenters. The van der Waals surface area contributed by atoms with Crippen molar-refractivity contribution >= 4 is 33.6 Å². The molecule has 2 nitrogen and oxygen atoms in total. The number of benzene rings is 1. The van der Waals surface area contributed by atoms with Crippen LogP contribution in [0, 0.1) is 0 Å². The Kier molecular flexibility index (Phi) is 5.07. The molecule has 94 valence electrons. The molecular formula is C13H18BrNOS. The largest absolute Gasteiger partial charge is 0.346 e. The number of alkyl halides is 1. The molecule has 0 saturated carbocycles. The van der Waals surface area contributed by atoms with Gasteiger partial charge in [0.05, 0.1) is 0 Å². The molecule has 0 aliphatic rings. The van der Waals surface area contributed by atoms with Crippen LogP contribution >= 0.6 is 27.7 Å². The molecule has 0 fully saturated rings. The van der Waals surface area contributed by atoms with Gasteiger partial charge in [-0.25, -0.2) is 0 Å². The van der Waals surface area contributed by atoms with Gasteiger partial charge in [-0.3, -0.25) is 4.79 Å². The molecule has 1 amide bonds. The average molecular weight is 316 g/mol. The normalized spacial score (nSPS) is 13.2. The van der Waals surface area contributed by atoms with Crippen molar-refractivity contribution in [1.29, 1.82) is 0 Å². The van der Waals surface area contributed by atoms with E-state index < -0.39 is 0 Å². The number of hydrogen-bond donors (Lipinski definition) is 1. The van der Waals surface area contributed by atoms with E-state index in [0.717, 1.165) is 4.90 Å². The summed E-state index contributed by atoms with van der Waals surface area (Å²) in [5.74, 6) is -0.0334. The van der Waals surface area contributed by atoms with Crippen molar-refractivity contribution in [3.63, 3.8) is 0 Å². The fourth-order valence-electron chi connectivity index (χ4n) is 1.21. The van der Waals surface area contributed by atoms with Gasteiger partial charge in [0, 0.05) is 20.8 Å². The first-order chi connectivity index (χ1) is 7.86. The lowest BCUT2D eigenvalue weighted by molar-refractivity contribution is 0.0914. The standard InChI is InChI=1S/C13H18BrNOS/c1-9(14)13(2,3)15-12(16)10-5-7-11(17-4)8-6-10/h5-9H,1-4H3,(H,15,16). The summed E-state index contributed by atoms with van der Waals surface area (Å²) in [5, 5.41) is 3.02. The minimum absolute atomic E-state index is 0.0334. The molecule has 0 spiro atoms. The maximum Gasteiger partial charge on any atom is 0.251 e. The van der Waals surface area contributed by atoms with Crippen molar-refractivity contribution in [2.75, 3.05) is 6.26 Å². The third-order valence-corrected chi connectivity index (χ3v) is 4.67. The first-order valence-corrected chi connectivity index (χ1v) is 7.61. The van der Waals surface area contributed by atoms with Gasteiger partial charge in [0.15, 0.2) is 0 Å². The predicted octanol–water partition coefficient (Wildman–Crippen LogP) is 3.70. The Morgan fingerprint density at radius 1 is 1.35 bits per heavy atom. The van der Waals surface area contributed by atoms with Crippen molar-refractivity contribution in [2.24, 2.45) is 0 Å². The summed E-state index contributed by atoms with van der Waals surface area (Å²) >= 11 is 5.17. The smallest absolute Gasteiger partial charge is 0.251 e. The van der Waals surface area contributed by atoms with E-state index in [9.17, 15) is 4.79 Å². The second-order valence-corrected chi connectivity index (χ2v) is 6.77. The molecule has 0 aliphatic heterocycles. The van der Waals surface area contributed by atoms with Crippen LogP contribution in [0.2, 0.25) is 0 Å². The fraction of sp³-hybridized carbons (Fsp3) is 0.462. The van der Waals surface area contributed by atoms with Gasteiger partial charge in [-0.15, -0.1) is 11.8 Å². The molecule has 0 aromatic heterocycles. The summed E-state index contributed by atoms with van der Waals surface area (Å²) in [6.07, 6.45) is 2.02. The Balaban J connectivity index is 2.76. The second kappa shape index (κ2) is 5.91. The predicted molar refractivity (Wildman–Crippen MR) is 78.2 cm³/mol. The lowest BCUT2D eigenvalue weighted by Crippen LogP contribution is -2.48. The summed E-state index contributed by atoms with van der Waals surface area (Å²) in [6.45, 7) is 6.03. The van der Waals surface area contributed by atoms with E-state index in [2.05, 4.69) is 21.2 Å². The van der Waals surface area contributed by atoms with Gasteiger partial charge in [0.25, 0.3) is 5.91 Å². The molecule has 0 radical (unpaired) electrons. The molecule has 0 aliphatic carbocycles. The van der Waals surface area contributed by atoms with Crippen LogP contribution in [0.3, 0.4) is 0 Å². The minimum atomic E-state index is -0.269. The molecule has 1 N–H and O–H groups in total. The number of halogens is 1. The van der Waals surface area contributed by atoms with Gasteiger partial charge in [0.1, 0.15) is 0 Å². The highest BCUT2D eigenvalue weighted by Crippen LogP contribution is 2.19. The third kappa shape index (κ3) is 4.03. The Morgan fingerprint density at radius 2 is 1.88 bits per heavy atom. The van der Waals surface area contributed by atoms with Gasteiger partial charge in [-0.2, -0.15) is 0 Å². The van der Waals surface area contributed by atoms with Gasteiger partial charge >= 0.3 is 0 Å². The van der Waals surface area contributed by atoms with Gasteiger partial charge in [-0.05, 0) is 44.4 Å². The highest BCUT2D eigenvalue weighted by molar-refractivity contribution is 9.09. The molecule has 0 heterocycles. The lowest BCUT2D eigenvalue weighted by atomic mass is 10.0. The van der Waals surface area contributed by atoms with E-state index in [4.69, 9.17) is 0 Å². The highest BCUT2D eigenvalue weighted by atomic mass is 79.9. The van der Waals surface area contributed by atoms with Crippen molar-refractivity contribution in [1.82, 2.24) is 5.32 Å². The Labute approximate surface area is 116 Å². The maximum atomic E-state index is 12.0. The molecule has 17 heavy (non-hydrogen) atoms. The van der Waals surface area contributed by atoms with E-state index in [1.54, 1.807) is 11.8 Å². The third-order valence-electron chi connectivity index (χ3n) is 2.78. The van der Waals surface area contributed by atoms with Crippen LogP contribution in [-0.2, 0) is 0 Å². The quantitative estimate of drug-likeness (QED) is 0.678. The van der Waals surface area contributed by atoms with Crippen LogP contribution in [0.4, 0.5) is 0 Å². The monoisotopic (exact) mass is 315 g/mol. The zero-order valence-electron chi connectivity index (χ0n) is 10.6. The number of rotatable bonds is 4. The number of nitrogens with one attached hydrogen (secondary N) is 1. The zero-order chi connectivity index (χ0) is 13.1. The number of thioether (sulfide) groups is 1. The van der Waals surface area contributed by atoms with E-state index in [0.29, 0.717) is 5.56 Å². The SMILES string of the molecule is CSc1ccc(C(=O)NC(C)(C)C(C)Br)cc1. The van der Waals surface area contributed by atoms with Crippen molar-refractivity contribution < 1.29 is 4.79 Å². The van der Waals surface area contributed by atoms with Crippen LogP contribution in [0.15, 0.2) is 29.2 Å². The molecule has 1 unspecified atom stereocenters. The van der Waals surface area contributed by atoms with Gasteiger partial charge in [0.2, 0.25) is 0 Å². The molecule has 1 aromatic carbocycles. The van der Waals surface area contributed by atoms with Gasteiger partial charge < -0.3 is 5.32 Å². The van der Waals surface area contributed by atoms with Crippen molar-refractivity contribution in [3.05, 3.63) is 29.8 Å². The summed E-state index contributed by atoms with van der Waals surface area (Å²) in [7, 11) is 0. The highest BCUT2D eigenvalue weighted by Gasteiger charge is 2.25. The molecule has 0 saturated heterocycles. The van der Waals surface area contributed by atoms with Crippen molar-refractivity contribution in [3.8, 4) is 0 Å². The minimum Gasteiger partial charge on any atom is -0.346 e. The molecule has 4 heteroatoms. The Hall–Kier alpha value is -0.480. The number of hydrogen-bond acceptors (Lipinski definition) is 2. The summed E-state index contributed by atoms with van der Waals surface area (Å²) in [5.41, 5.74) is 0.430. The first-order valence-electron chi connectivity index (χ1n) is 5.47. The number of amides is 1. The lowest BCUT2D eigenvalue weighted by Gasteiger charge is -2.29. The summed E-state index contributed by atoms with van der Waals surface area (Å²) < 4.78 is 0. The van der Waals surface area contributed by atoms with E-state index >= 15 is 0 Å². The fourth-order valence-corrected chi connectivity index (χ4v) is 1.73. The van der Waals surface area contributed by atoms with Crippen LogP contribution in [0.25, 0.3) is 0 Å². The molecule has 0 bridgehead atoms. The van der Waals surface area contributed by atoms with E-state index in [1.807, 2.05) is 51.3 Å². The maximum absolute atomic E-state index is 12.0. The molecule has 1 aromatic rings. The van der Waals surface area contributed by atoms with Crippen LogP contribution in [-0.4, -0.2) is 22.5 Å². The van der Waals surface area contributed by atoms with Crippen LogP contribution < -0.4 is 5.32 Å². The van der Waals surface area contributed by atoms with Gasteiger partial charge in [-0.1, -0.05) is 22.9 Å². The second-order valence-electron chi connectivity index (χ2n) is 4.52. The topological polar surface area (TPSA) is 29.1 Å². The van der Waals surface area contributed by atoms with Crippen LogP contribution in [0.1, 0.15) is 31.1 Å². The number of carbonyl (C=O) groups excluding carboxylic acids is 1. The first kappa shape index (κ1) is 14.6. The van der Waals surface area contributed by atoms with Crippen LogP contribution in [0.5, 0.6) is 0 Å². The summed E-state index contributed by atoms with van der Waals surface area (Å²) in [6, 6.07) is 7.64. The summed E-state index contributed by atoms with van der Waals surface area (Å²) in [4.78, 5) is 13.4. The van der Waals surface area contributed by atoms with Crippen molar-refractivity contribution in [2.45, 2.75) is 36.0 Å². The Bertz CT molecular complexity index is 387. The Morgan fingerprint density at radius 3 is 2.29 bits per heavy atom. The molecular weight excluding hydrogens is 298 g/mol.